The minimum atomic E-state index is 0.0638. The predicted molar refractivity (Wildman–Crippen MR) is 72.9 cm³/mol. The van der Waals surface area contributed by atoms with Gasteiger partial charge in [-0.25, -0.2) is 0 Å². The zero-order chi connectivity index (χ0) is 12.2. The van der Waals surface area contributed by atoms with E-state index in [4.69, 9.17) is 5.73 Å². The fourth-order valence-electron chi connectivity index (χ4n) is 2.36. The quantitative estimate of drug-likeness (QED) is 0.827. The summed E-state index contributed by atoms with van der Waals surface area (Å²) in [6.07, 6.45) is 1.08. The van der Waals surface area contributed by atoms with E-state index in [-0.39, 0.29) is 11.6 Å². The van der Waals surface area contributed by atoms with Gasteiger partial charge < -0.3 is 5.73 Å². The van der Waals surface area contributed by atoms with E-state index in [1.54, 1.807) is 11.3 Å². The Bertz CT molecular complexity index is 293. The van der Waals surface area contributed by atoms with E-state index >= 15 is 0 Å². The van der Waals surface area contributed by atoms with Crippen molar-refractivity contribution in [2.75, 3.05) is 13.1 Å². The monoisotopic (exact) mass is 240 g/mol. The minimum Gasteiger partial charge on any atom is -0.322 e. The van der Waals surface area contributed by atoms with Gasteiger partial charge in [-0.15, -0.1) is 11.3 Å². The molecule has 2 atom stereocenters. The van der Waals surface area contributed by atoms with Gasteiger partial charge in [0.05, 0.1) is 6.04 Å². The van der Waals surface area contributed by atoms with Crippen molar-refractivity contribution >= 4 is 11.3 Å². The summed E-state index contributed by atoms with van der Waals surface area (Å²) in [5, 5.41) is 2.10. The first-order valence-electron chi connectivity index (χ1n) is 6.14. The molecule has 0 bridgehead atoms. The van der Waals surface area contributed by atoms with E-state index in [1.165, 1.54) is 4.88 Å². The topological polar surface area (TPSA) is 29.3 Å². The number of nitrogens with zero attached hydrogens (tertiary/aromatic N) is 1. The summed E-state index contributed by atoms with van der Waals surface area (Å²) in [6.45, 7) is 11.0. The molecule has 1 heterocycles. The Labute approximate surface area is 103 Å². The van der Waals surface area contributed by atoms with Gasteiger partial charge in [-0.1, -0.05) is 26.8 Å². The second-order valence-corrected chi connectivity index (χ2v) is 5.36. The average molecular weight is 240 g/mol. The molecule has 3 heteroatoms. The van der Waals surface area contributed by atoms with Gasteiger partial charge in [-0.05, 0) is 37.9 Å². The largest absolute Gasteiger partial charge is 0.322 e. The molecule has 2 N–H and O–H groups in total. The summed E-state index contributed by atoms with van der Waals surface area (Å²) in [6, 6.07) is 4.34. The lowest BCUT2D eigenvalue weighted by Crippen LogP contribution is -2.52. The van der Waals surface area contributed by atoms with Crippen LogP contribution >= 0.6 is 11.3 Å². The number of thiophene rings is 1. The normalized spacial score (nSPS) is 17.4. The molecule has 0 amide bonds. The lowest BCUT2D eigenvalue weighted by Gasteiger charge is -2.43. The summed E-state index contributed by atoms with van der Waals surface area (Å²) >= 11 is 1.76. The molecule has 16 heavy (non-hydrogen) atoms. The second-order valence-electron chi connectivity index (χ2n) is 4.38. The van der Waals surface area contributed by atoms with Gasteiger partial charge in [0.2, 0.25) is 0 Å². The summed E-state index contributed by atoms with van der Waals surface area (Å²) in [7, 11) is 0. The molecule has 1 aromatic rings. The standard InChI is InChI=1S/C13H24N2S/c1-5-13(4,15(6-2)7-3)12(14)11-9-8-10-16-11/h8-10,12H,5-7,14H2,1-4H3. The van der Waals surface area contributed by atoms with E-state index in [0.717, 1.165) is 19.5 Å². The van der Waals surface area contributed by atoms with Crippen LogP contribution in [-0.2, 0) is 0 Å². The molecule has 0 saturated heterocycles. The summed E-state index contributed by atoms with van der Waals surface area (Å²) in [4.78, 5) is 3.76. The van der Waals surface area contributed by atoms with Crippen LogP contribution in [0.25, 0.3) is 0 Å². The van der Waals surface area contributed by atoms with Gasteiger partial charge in [-0.2, -0.15) is 0 Å². The maximum atomic E-state index is 6.45. The molecule has 0 saturated carbocycles. The van der Waals surface area contributed by atoms with Crippen LogP contribution in [0.4, 0.5) is 0 Å². The summed E-state index contributed by atoms with van der Waals surface area (Å²) in [5.74, 6) is 0. The van der Waals surface area contributed by atoms with Crippen LogP contribution in [0.1, 0.15) is 45.0 Å². The lowest BCUT2D eigenvalue weighted by atomic mass is 9.86. The Balaban J connectivity index is 2.95. The molecule has 0 aromatic carbocycles. The van der Waals surface area contributed by atoms with Crippen LogP contribution in [0.3, 0.4) is 0 Å². The molecular weight excluding hydrogens is 216 g/mol. The zero-order valence-electron chi connectivity index (χ0n) is 10.9. The molecule has 0 fully saturated rings. The van der Waals surface area contributed by atoms with Gasteiger partial charge in [-0.3, -0.25) is 4.90 Å². The maximum absolute atomic E-state index is 6.45. The Morgan fingerprint density at radius 2 is 2.00 bits per heavy atom. The van der Waals surface area contributed by atoms with Crippen molar-refractivity contribution < 1.29 is 0 Å². The van der Waals surface area contributed by atoms with E-state index < -0.39 is 0 Å². The zero-order valence-corrected chi connectivity index (χ0v) is 11.7. The van der Waals surface area contributed by atoms with E-state index in [0.29, 0.717) is 0 Å². The van der Waals surface area contributed by atoms with Crippen LogP contribution in [0.5, 0.6) is 0 Å². The molecule has 2 nitrogen and oxygen atoms in total. The molecular formula is C13H24N2S. The van der Waals surface area contributed by atoms with Gasteiger partial charge >= 0.3 is 0 Å². The Hall–Kier alpha value is -0.380. The van der Waals surface area contributed by atoms with Gasteiger partial charge in [0, 0.05) is 10.4 Å². The smallest absolute Gasteiger partial charge is 0.0574 e. The van der Waals surface area contributed by atoms with Crippen molar-refractivity contribution in [3.8, 4) is 0 Å². The number of hydrogen-bond acceptors (Lipinski definition) is 3. The van der Waals surface area contributed by atoms with Crippen molar-refractivity contribution in [2.24, 2.45) is 5.73 Å². The summed E-state index contributed by atoms with van der Waals surface area (Å²) < 4.78 is 0. The number of rotatable bonds is 6. The highest BCUT2D eigenvalue weighted by atomic mass is 32.1. The summed E-state index contributed by atoms with van der Waals surface area (Å²) in [5.41, 5.74) is 6.51. The molecule has 92 valence electrons. The van der Waals surface area contributed by atoms with E-state index in [2.05, 4.69) is 50.1 Å². The number of nitrogens with two attached hydrogens (primary N) is 1. The molecule has 0 aliphatic carbocycles. The highest BCUT2D eigenvalue weighted by molar-refractivity contribution is 7.10. The molecule has 0 aliphatic rings. The fourth-order valence-corrected chi connectivity index (χ4v) is 3.23. The van der Waals surface area contributed by atoms with Crippen molar-refractivity contribution in [1.29, 1.82) is 0 Å². The van der Waals surface area contributed by atoms with Crippen LogP contribution in [0.15, 0.2) is 17.5 Å². The Kier molecular flexibility index (Phi) is 4.96. The third-order valence-corrected chi connectivity index (χ3v) is 4.68. The SMILES string of the molecule is CCN(CC)C(C)(CC)C(N)c1cccs1. The van der Waals surface area contributed by atoms with Crippen molar-refractivity contribution in [1.82, 2.24) is 4.90 Å². The molecule has 1 aromatic heterocycles. The van der Waals surface area contributed by atoms with Crippen molar-refractivity contribution in [3.63, 3.8) is 0 Å². The van der Waals surface area contributed by atoms with Crippen LogP contribution in [0, 0.1) is 0 Å². The van der Waals surface area contributed by atoms with Crippen LogP contribution < -0.4 is 5.73 Å². The molecule has 0 spiro atoms. The molecule has 0 radical (unpaired) electrons. The van der Waals surface area contributed by atoms with Gasteiger partial charge in [0.15, 0.2) is 0 Å². The molecule has 1 rings (SSSR count). The van der Waals surface area contributed by atoms with Crippen LogP contribution in [-0.4, -0.2) is 23.5 Å². The highest BCUT2D eigenvalue weighted by Crippen LogP contribution is 2.34. The lowest BCUT2D eigenvalue weighted by molar-refractivity contribution is 0.0856. The number of hydrogen-bond donors (Lipinski definition) is 1. The van der Waals surface area contributed by atoms with Gasteiger partial charge in [0.25, 0.3) is 0 Å². The number of likely N-dealkylation sites (N-methyl/N-ethyl adjacent to an activating group) is 1. The fraction of sp³-hybridized carbons (Fsp3) is 0.692. The third-order valence-electron chi connectivity index (χ3n) is 3.72. The third kappa shape index (κ3) is 2.47. The van der Waals surface area contributed by atoms with E-state index in [1.807, 2.05) is 0 Å². The first kappa shape index (κ1) is 13.7. The second kappa shape index (κ2) is 5.80. The predicted octanol–water partition coefficient (Wildman–Crippen LogP) is 3.26. The molecule has 0 aliphatic heterocycles. The minimum absolute atomic E-state index is 0.0638. The Morgan fingerprint density at radius 3 is 2.38 bits per heavy atom. The van der Waals surface area contributed by atoms with Crippen LogP contribution in [0.2, 0.25) is 0 Å². The average Bonchev–Trinajstić information content (AvgIpc) is 2.82. The maximum Gasteiger partial charge on any atom is 0.0574 e. The first-order valence-corrected chi connectivity index (χ1v) is 7.02. The highest BCUT2D eigenvalue weighted by Gasteiger charge is 2.35. The molecule has 2 unspecified atom stereocenters. The first-order chi connectivity index (χ1) is 7.60. The Morgan fingerprint density at radius 1 is 1.38 bits per heavy atom. The van der Waals surface area contributed by atoms with Crippen molar-refractivity contribution in [2.45, 2.75) is 45.7 Å². The van der Waals surface area contributed by atoms with Gasteiger partial charge in [0.1, 0.15) is 0 Å². The van der Waals surface area contributed by atoms with E-state index in [9.17, 15) is 0 Å². The van der Waals surface area contributed by atoms with Crippen molar-refractivity contribution in [3.05, 3.63) is 22.4 Å².